The van der Waals surface area contributed by atoms with E-state index in [1.165, 1.54) is 24.3 Å². The fourth-order valence-corrected chi connectivity index (χ4v) is 2.68. The van der Waals surface area contributed by atoms with E-state index in [9.17, 15) is 8.78 Å². The average Bonchev–Trinajstić information content (AvgIpc) is 2.39. The van der Waals surface area contributed by atoms with Crippen LogP contribution in [0.4, 0.5) is 8.78 Å². The lowest BCUT2D eigenvalue weighted by atomic mass is 9.93. The molecule has 0 aliphatic heterocycles. The molecule has 0 amide bonds. The second-order valence-electron chi connectivity index (χ2n) is 4.35. The summed E-state index contributed by atoms with van der Waals surface area (Å²) in [5.41, 5.74) is 1.65. The molecule has 0 N–H and O–H groups in total. The first-order valence-electron chi connectivity index (χ1n) is 5.85. The fourth-order valence-electron chi connectivity index (χ4n) is 1.99. The highest BCUT2D eigenvalue weighted by Gasteiger charge is 2.14. The number of hydrogen-bond donors (Lipinski definition) is 0. The van der Waals surface area contributed by atoms with Crippen molar-refractivity contribution in [2.75, 3.05) is 5.88 Å². The summed E-state index contributed by atoms with van der Waals surface area (Å²) in [6.45, 7) is 0. The van der Waals surface area contributed by atoms with Crippen molar-refractivity contribution in [2.45, 2.75) is 12.3 Å². The highest BCUT2D eigenvalue weighted by Crippen LogP contribution is 2.27. The number of halogens is 4. The van der Waals surface area contributed by atoms with Crippen molar-refractivity contribution >= 4 is 27.5 Å². The SMILES string of the molecule is Fc1cccc(C(CCl)Cc2cc(F)ccc2Br)c1. The van der Waals surface area contributed by atoms with Crippen LogP contribution in [-0.2, 0) is 6.42 Å². The van der Waals surface area contributed by atoms with Gasteiger partial charge in [0, 0.05) is 16.3 Å². The zero-order valence-electron chi connectivity index (χ0n) is 10.0. The van der Waals surface area contributed by atoms with Gasteiger partial charge in [0.2, 0.25) is 0 Å². The summed E-state index contributed by atoms with van der Waals surface area (Å²) in [6.07, 6.45) is 0.561. The molecule has 0 aliphatic rings. The third kappa shape index (κ3) is 3.77. The summed E-state index contributed by atoms with van der Waals surface area (Å²) >= 11 is 9.36. The summed E-state index contributed by atoms with van der Waals surface area (Å²) in [5, 5.41) is 0. The molecule has 2 rings (SSSR count). The van der Waals surface area contributed by atoms with Gasteiger partial charge in [0.25, 0.3) is 0 Å². The summed E-state index contributed by atoms with van der Waals surface area (Å²) in [5.74, 6) is -0.265. The minimum Gasteiger partial charge on any atom is -0.207 e. The van der Waals surface area contributed by atoms with Gasteiger partial charge >= 0.3 is 0 Å². The average molecular weight is 346 g/mol. The van der Waals surface area contributed by atoms with Crippen LogP contribution >= 0.6 is 27.5 Å². The van der Waals surface area contributed by atoms with E-state index in [1.807, 2.05) is 6.07 Å². The van der Waals surface area contributed by atoms with Crippen LogP contribution < -0.4 is 0 Å². The summed E-state index contributed by atoms with van der Waals surface area (Å²) in [7, 11) is 0. The molecule has 0 heterocycles. The maximum atomic E-state index is 13.3. The lowest BCUT2D eigenvalue weighted by Crippen LogP contribution is -2.06. The summed E-state index contributed by atoms with van der Waals surface area (Å²) in [6, 6.07) is 10.9. The quantitative estimate of drug-likeness (QED) is 0.660. The van der Waals surface area contributed by atoms with E-state index < -0.39 is 0 Å². The Balaban J connectivity index is 2.26. The first kappa shape index (κ1) is 14.5. The van der Waals surface area contributed by atoms with Crippen molar-refractivity contribution in [1.29, 1.82) is 0 Å². The summed E-state index contributed by atoms with van der Waals surface area (Å²) < 4.78 is 27.3. The molecular weight excluding hydrogens is 334 g/mol. The highest BCUT2D eigenvalue weighted by molar-refractivity contribution is 9.10. The Morgan fingerprint density at radius 1 is 1.05 bits per heavy atom. The molecule has 0 aromatic heterocycles. The Morgan fingerprint density at radius 3 is 2.47 bits per heavy atom. The van der Waals surface area contributed by atoms with Crippen LogP contribution in [0.5, 0.6) is 0 Å². The molecule has 0 fully saturated rings. The van der Waals surface area contributed by atoms with E-state index in [2.05, 4.69) is 15.9 Å². The molecule has 100 valence electrons. The molecule has 1 unspecified atom stereocenters. The van der Waals surface area contributed by atoms with Gasteiger partial charge in [-0.2, -0.15) is 0 Å². The van der Waals surface area contributed by atoms with Crippen molar-refractivity contribution in [3.63, 3.8) is 0 Å². The second kappa shape index (κ2) is 6.49. The Hall–Kier alpha value is -0.930. The molecule has 0 aliphatic carbocycles. The van der Waals surface area contributed by atoms with Crippen LogP contribution in [0.25, 0.3) is 0 Å². The van der Waals surface area contributed by atoms with Gasteiger partial charge in [-0.1, -0.05) is 28.1 Å². The van der Waals surface area contributed by atoms with Crippen molar-refractivity contribution in [2.24, 2.45) is 0 Å². The molecule has 1 atom stereocenters. The predicted octanol–water partition coefficient (Wildman–Crippen LogP) is 5.29. The number of hydrogen-bond acceptors (Lipinski definition) is 0. The Kier molecular flexibility index (Phi) is 4.94. The maximum absolute atomic E-state index is 13.3. The Labute approximate surface area is 124 Å². The molecule has 19 heavy (non-hydrogen) atoms. The molecule has 0 bridgehead atoms. The van der Waals surface area contributed by atoms with Crippen molar-refractivity contribution < 1.29 is 8.78 Å². The fraction of sp³-hybridized carbons (Fsp3) is 0.200. The molecule has 0 spiro atoms. The molecule has 0 nitrogen and oxygen atoms in total. The highest BCUT2D eigenvalue weighted by atomic mass is 79.9. The van der Waals surface area contributed by atoms with Gasteiger partial charge in [-0.25, -0.2) is 8.78 Å². The predicted molar refractivity (Wildman–Crippen MR) is 77.7 cm³/mol. The molecule has 0 radical (unpaired) electrons. The molecule has 4 heteroatoms. The van der Waals surface area contributed by atoms with E-state index >= 15 is 0 Å². The van der Waals surface area contributed by atoms with E-state index in [1.54, 1.807) is 12.1 Å². The Morgan fingerprint density at radius 2 is 1.79 bits per heavy atom. The van der Waals surface area contributed by atoms with Crippen LogP contribution in [0, 0.1) is 11.6 Å². The zero-order chi connectivity index (χ0) is 13.8. The second-order valence-corrected chi connectivity index (χ2v) is 5.51. The molecule has 2 aromatic carbocycles. The van der Waals surface area contributed by atoms with E-state index in [0.717, 1.165) is 15.6 Å². The van der Waals surface area contributed by atoms with Gasteiger partial charge in [0.15, 0.2) is 0 Å². The number of rotatable bonds is 4. The minimum atomic E-state index is -0.286. The van der Waals surface area contributed by atoms with Gasteiger partial charge in [-0.05, 0) is 47.9 Å². The maximum Gasteiger partial charge on any atom is 0.123 e. The van der Waals surface area contributed by atoms with E-state index in [0.29, 0.717) is 12.3 Å². The third-order valence-electron chi connectivity index (χ3n) is 2.98. The van der Waals surface area contributed by atoms with Crippen LogP contribution in [-0.4, -0.2) is 5.88 Å². The van der Waals surface area contributed by atoms with E-state index in [4.69, 9.17) is 11.6 Å². The number of alkyl halides is 1. The van der Waals surface area contributed by atoms with Crippen LogP contribution in [0.1, 0.15) is 17.0 Å². The monoisotopic (exact) mass is 344 g/mol. The van der Waals surface area contributed by atoms with Gasteiger partial charge in [0.05, 0.1) is 0 Å². The first-order chi connectivity index (χ1) is 9.10. The molecule has 0 saturated carbocycles. The largest absolute Gasteiger partial charge is 0.207 e. The Bertz CT molecular complexity index is 572. The van der Waals surface area contributed by atoms with Gasteiger partial charge in [0.1, 0.15) is 11.6 Å². The van der Waals surface area contributed by atoms with Crippen molar-refractivity contribution in [3.05, 3.63) is 69.7 Å². The molecule has 2 aromatic rings. The van der Waals surface area contributed by atoms with Crippen molar-refractivity contribution in [1.82, 2.24) is 0 Å². The number of benzene rings is 2. The van der Waals surface area contributed by atoms with Crippen LogP contribution in [0.3, 0.4) is 0 Å². The standard InChI is InChI=1S/C15H12BrClF2/c16-15-5-4-14(19)8-11(15)6-12(9-17)10-2-1-3-13(18)7-10/h1-5,7-8,12H,6,9H2. The minimum absolute atomic E-state index is 0.0459. The van der Waals surface area contributed by atoms with Gasteiger partial charge in [-0.3, -0.25) is 0 Å². The van der Waals surface area contributed by atoms with Crippen LogP contribution in [0.15, 0.2) is 46.9 Å². The zero-order valence-corrected chi connectivity index (χ0v) is 12.4. The lowest BCUT2D eigenvalue weighted by Gasteiger charge is -2.15. The van der Waals surface area contributed by atoms with Gasteiger partial charge < -0.3 is 0 Å². The first-order valence-corrected chi connectivity index (χ1v) is 7.18. The van der Waals surface area contributed by atoms with Crippen molar-refractivity contribution in [3.8, 4) is 0 Å². The van der Waals surface area contributed by atoms with Crippen LogP contribution in [0.2, 0.25) is 0 Å². The van der Waals surface area contributed by atoms with Gasteiger partial charge in [-0.15, -0.1) is 11.6 Å². The van der Waals surface area contributed by atoms with E-state index in [-0.39, 0.29) is 17.6 Å². The lowest BCUT2D eigenvalue weighted by molar-refractivity contribution is 0.617. The third-order valence-corrected chi connectivity index (χ3v) is 4.13. The smallest absolute Gasteiger partial charge is 0.123 e. The normalized spacial score (nSPS) is 12.4. The molecular formula is C15H12BrClF2. The summed E-state index contributed by atoms with van der Waals surface area (Å²) in [4.78, 5) is 0. The molecule has 0 saturated heterocycles. The topological polar surface area (TPSA) is 0 Å².